The molecule has 1 rings (SSSR count). The molecule has 1 aromatic heterocycles. The quantitative estimate of drug-likeness (QED) is 0.275. The van der Waals surface area contributed by atoms with Crippen molar-refractivity contribution in [1.29, 1.82) is 0 Å². The molecule has 3 N–H and O–H groups in total. The summed E-state index contributed by atoms with van der Waals surface area (Å²) in [5.41, 5.74) is 0. The lowest BCUT2D eigenvalue weighted by molar-refractivity contribution is 0.483. The number of nitrogens with one attached hydrogen (secondary N) is 2. The van der Waals surface area contributed by atoms with E-state index < -0.39 is 10.1 Å². The molecule has 9 nitrogen and oxygen atoms in total. The van der Waals surface area contributed by atoms with Crippen LogP contribution in [0.1, 0.15) is 65.2 Å². The van der Waals surface area contributed by atoms with Gasteiger partial charge in [-0.25, -0.2) is 0 Å². The molecule has 0 aliphatic rings. The first-order chi connectivity index (χ1) is 13.4. The van der Waals surface area contributed by atoms with Gasteiger partial charge in [-0.05, 0) is 12.8 Å². The van der Waals surface area contributed by atoms with Gasteiger partial charge in [0.2, 0.25) is 17.8 Å². The average Bonchev–Trinajstić information content (AvgIpc) is 2.65. The minimum atomic E-state index is -4.04. The zero-order valence-electron chi connectivity index (χ0n) is 17.4. The second-order valence-corrected chi connectivity index (χ2v) is 8.54. The van der Waals surface area contributed by atoms with Crippen molar-refractivity contribution >= 4 is 28.0 Å². The summed E-state index contributed by atoms with van der Waals surface area (Å²) in [5.74, 6) is 0.924. The third kappa shape index (κ3) is 11.2. The van der Waals surface area contributed by atoms with Crippen LogP contribution in [0, 0.1) is 0 Å². The topological polar surface area (TPSA) is 120 Å². The van der Waals surface area contributed by atoms with Crippen molar-refractivity contribution in [3.63, 3.8) is 0 Å². The first-order valence-electron chi connectivity index (χ1n) is 10.3. The summed E-state index contributed by atoms with van der Waals surface area (Å²) in [7, 11) is -2.35. The van der Waals surface area contributed by atoms with Gasteiger partial charge in [0.05, 0.1) is 5.75 Å². The van der Waals surface area contributed by atoms with Crippen LogP contribution in [0.4, 0.5) is 17.8 Å². The predicted molar refractivity (Wildman–Crippen MR) is 115 cm³/mol. The predicted octanol–water partition coefficient (Wildman–Crippen LogP) is 3.18. The van der Waals surface area contributed by atoms with Crippen molar-refractivity contribution < 1.29 is 13.0 Å². The Morgan fingerprint density at radius 3 is 1.79 bits per heavy atom. The maximum Gasteiger partial charge on any atom is 0.266 e. The van der Waals surface area contributed by atoms with Crippen molar-refractivity contribution in [3.05, 3.63) is 0 Å². The number of hydrogen-bond acceptors (Lipinski definition) is 8. The summed E-state index contributed by atoms with van der Waals surface area (Å²) >= 11 is 0. The first-order valence-corrected chi connectivity index (χ1v) is 11.9. The minimum absolute atomic E-state index is 0.0920. The van der Waals surface area contributed by atoms with E-state index in [1.807, 2.05) is 0 Å². The van der Waals surface area contributed by atoms with Gasteiger partial charge in [0.25, 0.3) is 10.1 Å². The van der Waals surface area contributed by atoms with Crippen LogP contribution in [0.2, 0.25) is 0 Å². The highest BCUT2D eigenvalue weighted by Gasteiger charge is 2.13. The van der Waals surface area contributed by atoms with Crippen LogP contribution in [0.3, 0.4) is 0 Å². The number of rotatable bonds is 16. The molecule has 0 radical (unpaired) electrons. The maximum atomic E-state index is 11.0. The van der Waals surface area contributed by atoms with E-state index in [0.29, 0.717) is 17.8 Å². The molecule has 1 heterocycles. The van der Waals surface area contributed by atoms with Gasteiger partial charge in [0.15, 0.2) is 0 Å². The zero-order valence-corrected chi connectivity index (χ0v) is 18.3. The highest BCUT2D eigenvalue weighted by molar-refractivity contribution is 7.85. The number of hydrogen-bond donors (Lipinski definition) is 3. The van der Waals surface area contributed by atoms with Crippen molar-refractivity contribution in [3.8, 4) is 0 Å². The molecule has 0 saturated heterocycles. The molecule has 0 bridgehead atoms. The summed E-state index contributed by atoms with van der Waals surface area (Å²) in [4.78, 5) is 14.8. The van der Waals surface area contributed by atoms with Crippen molar-refractivity contribution in [2.45, 2.75) is 65.2 Å². The molecular weight excluding hydrogens is 380 g/mol. The fourth-order valence-electron chi connectivity index (χ4n) is 2.55. The Morgan fingerprint density at radius 2 is 1.36 bits per heavy atom. The van der Waals surface area contributed by atoms with Gasteiger partial charge < -0.3 is 15.5 Å². The zero-order chi connectivity index (χ0) is 20.8. The Morgan fingerprint density at radius 1 is 0.857 bits per heavy atom. The lowest BCUT2D eigenvalue weighted by Crippen LogP contribution is -2.27. The van der Waals surface area contributed by atoms with E-state index in [1.54, 1.807) is 11.9 Å². The lowest BCUT2D eigenvalue weighted by Gasteiger charge is -2.18. The lowest BCUT2D eigenvalue weighted by atomic mass is 10.2. The van der Waals surface area contributed by atoms with Crippen LogP contribution < -0.4 is 15.5 Å². The van der Waals surface area contributed by atoms with Crippen LogP contribution in [-0.4, -0.2) is 60.4 Å². The van der Waals surface area contributed by atoms with Gasteiger partial charge in [0.1, 0.15) is 0 Å². The summed E-state index contributed by atoms with van der Waals surface area (Å²) in [6, 6.07) is 0. The second kappa shape index (κ2) is 13.5. The molecule has 0 aromatic carbocycles. The van der Waals surface area contributed by atoms with Crippen LogP contribution in [0.15, 0.2) is 0 Å². The molecule has 0 saturated carbocycles. The van der Waals surface area contributed by atoms with Gasteiger partial charge in [-0.3, -0.25) is 4.55 Å². The number of anilines is 3. The Bertz CT molecular complexity index is 624. The Labute approximate surface area is 169 Å². The monoisotopic (exact) mass is 416 g/mol. The number of nitrogens with zero attached hydrogens (tertiary/aromatic N) is 4. The number of unbranched alkanes of at least 4 members (excludes halogenated alkanes) is 6. The molecule has 0 unspecified atom stereocenters. The fraction of sp³-hybridized carbons (Fsp3) is 0.833. The smallest absolute Gasteiger partial charge is 0.266 e. The van der Waals surface area contributed by atoms with Gasteiger partial charge in [-0.2, -0.15) is 23.4 Å². The number of aromatic nitrogens is 3. The molecule has 0 amide bonds. The van der Waals surface area contributed by atoms with Crippen LogP contribution >= 0.6 is 0 Å². The summed E-state index contributed by atoms with van der Waals surface area (Å²) in [5, 5.41) is 6.45. The highest BCUT2D eigenvalue weighted by atomic mass is 32.2. The molecule has 28 heavy (non-hydrogen) atoms. The Kier molecular flexibility index (Phi) is 11.7. The molecule has 0 aliphatic carbocycles. The molecule has 0 fully saturated rings. The van der Waals surface area contributed by atoms with Crippen molar-refractivity contribution in [1.82, 2.24) is 15.0 Å². The second-order valence-electron chi connectivity index (χ2n) is 6.97. The SMILES string of the molecule is CCCCCCNc1nc(NCCCCCC)nc(N(C)CCS(=O)(=O)O)n1. The Balaban J connectivity index is 2.74. The Hall–Kier alpha value is -1.68. The summed E-state index contributed by atoms with van der Waals surface area (Å²) < 4.78 is 31.0. The average molecular weight is 417 g/mol. The minimum Gasteiger partial charge on any atom is -0.354 e. The largest absolute Gasteiger partial charge is 0.354 e. The van der Waals surface area contributed by atoms with E-state index in [9.17, 15) is 8.42 Å². The first kappa shape index (κ1) is 24.4. The van der Waals surface area contributed by atoms with Crippen LogP contribution in [0.25, 0.3) is 0 Å². The normalized spacial score (nSPS) is 11.4. The highest BCUT2D eigenvalue weighted by Crippen LogP contribution is 2.13. The van der Waals surface area contributed by atoms with E-state index in [4.69, 9.17) is 4.55 Å². The van der Waals surface area contributed by atoms with Crippen LogP contribution in [-0.2, 0) is 10.1 Å². The summed E-state index contributed by atoms with van der Waals surface area (Å²) in [6.07, 6.45) is 9.14. The van der Waals surface area contributed by atoms with E-state index in [-0.39, 0.29) is 12.3 Å². The molecule has 10 heteroatoms. The van der Waals surface area contributed by atoms with Crippen molar-refractivity contribution in [2.75, 3.05) is 48.0 Å². The van der Waals surface area contributed by atoms with E-state index >= 15 is 0 Å². The maximum absolute atomic E-state index is 11.0. The van der Waals surface area contributed by atoms with Gasteiger partial charge in [-0.1, -0.05) is 52.4 Å². The third-order valence-corrected chi connectivity index (χ3v) is 4.98. The van der Waals surface area contributed by atoms with Crippen LogP contribution in [0.5, 0.6) is 0 Å². The molecule has 0 aliphatic heterocycles. The van der Waals surface area contributed by atoms with E-state index in [2.05, 4.69) is 39.4 Å². The molecule has 162 valence electrons. The van der Waals surface area contributed by atoms with E-state index in [1.165, 1.54) is 25.7 Å². The van der Waals surface area contributed by atoms with Gasteiger partial charge in [0, 0.05) is 26.7 Å². The van der Waals surface area contributed by atoms with E-state index in [0.717, 1.165) is 38.8 Å². The summed E-state index contributed by atoms with van der Waals surface area (Å²) in [6.45, 7) is 5.98. The molecule has 0 atom stereocenters. The van der Waals surface area contributed by atoms with Crippen molar-refractivity contribution in [2.24, 2.45) is 0 Å². The van der Waals surface area contributed by atoms with Gasteiger partial charge >= 0.3 is 0 Å². The molecule has 0 spiro atoms. The fourth-order valence-corrected chi connectivity index (χ4v) is 3.05. The molecular formula is C18H36N6O3S. The molecule has 1 aromatic rings. The third-order valence-electron chi connectivity index (χ3n) is 4.28. The standard InChI is InChI=1S/C18H36N6O3S/c1-4-6-8-10-12-19-16-21-17(20-13-11-9-7-5-2)23-18(22-16)24(3)14-15-28(25,26)27/h4-15H2,1-3H3,(H,25,26,27)(H2,19,20,21,22,23). The van der Waals surface area contributed by atoms with Gasteiger partial charge in [-0.15, -0.1) is 0 Å².